The predicted octanol–water partition coefficient (Wildman–Crippen LogP) is 2.89. The van der Waals surface area contributed by atoms with Crippen LogP contribution in [0.2, 0.25) is 0 Å². The molecular weight excluding hydrogens is 248 g/mol. The van der Waals surface area contributed by atoms with Crippen LogP contribution in [0.3, 0.4) is 0 Å². The van der Waals surface area contributed by atoms with Crippen LogP contribution in [0.25, 0.3) is 6.08 Å². The topological polar surface area (TPSA) is 24.5 Å². The van der Waals surface area contributed by atoms with Gasteiger partial charge >= 0.3 is 0 Å². The van der Waals surface area contributed by atoms with Crippen molar-refractivity contribution in [2.45, 2.75) is 13.8 Å². The second-order valence-electron chi connectivity index (χ2n) is 5.63. The second-order valence-corrected chi connectivity index (χ2v) is 5.63. The molecule has 0 radical (unpaired) electrons. The third kappa shape index (κ3) is 6.22. The summed E-state index contributed by atoms with van der Waals surface area (Å²) in [6, 6.07) is 8.31. The Morgan fingerprint density at radius 3 is 2.40 bits per heavy atom. The van der Waals surface area contributed by atoms with Gasteiger partial charge in [0.25, 0.3) is 0 Å². The van der Waals surface area contributed by atoms with Crippen molar-refractivity contribution >= 4 is 6.08 Å². The Kier molecular flexibility index (Phi) is 7.34. The van der Waals surface area contributed by atoms with Crippen LogP contribution in [0.1, 0.15) is 19.4 Å². The standard InChI is InChI=1S/C17H28N2O/c1-14(2)16(13-18-3)12-15-6-8-17(9-7-15)20-11-10-19(4)5/h6-9,12,14,18H,10-11,13H2,1-5H3. The first-order valence-electron chi connectivity index (χ1n) is 7.25. The number of ether oxygens (including phenoxy) is 1. The number of rotatable bonds is 8. The Morgan fingerprint density at radius 1 is 1.25 bits per heavy atom. The monoisotopic (exact) mass is 276 g/mol. The highest BCUT2D eigenvalue weighted by Crippen LogP contribution is 2.17. The molecule has 0 aliphatic carbocycles. The normalized spacial score (nSPS) is 12.2. The zero-order valence-corrected chi connectivity index (χ0v) is 13.4. The maximum atomic E-state index is 5.70. The molecule has 0 aliphatic rings. The summed E-state index contributed by atoms with van der Waals surface area (Å²) >= 11 is 0. The summed E-state index contributed by atoms with van der Waals surface area (Å²) in [6.07, 6.45) is 2.25. The fraction of sp³-hybridized carbons (Fsp3) is 0.529. The molecule has 0 aromatic heterocycles. The summed E-state index contributed by atoms with van der Waals surface area (Å²) in [5.74, 6) is 1.49. The van der Waals surface area contributed by atoms with Crippen molar-refractivity contribution in [3.8, 4) is 5.75 Å². The van der Waals surface area contributed by atoms with E-state index in [0.29, 0.717) is 5.92 Å². The van der Waals surface area contributed by atoms with Crippen molar-refractivity contribution in [3.05, 3.63) is 35.4 Å². The number of benzene rings is 1. The minimum absolute atomic E-state index is 0.554. The van der Waals surface area contributed by atoms with Crippen LogP contribution in [-0.4, -0.2) is 45.7 Å². The molecule has 112 valence electrons. The van der Waals surface area contributed by atoms with Crippen molar-refractivity contribution < 1.29 is 4.74 Å². The lowest BCUT2D eigenvalue weighted by Crippen LogP contribution is -2.19. The van der Waals surface area contributed by atoms with Gasteiger partial charge in [-0.05, 0) is 44.8 Å². The number of nitrogens with one attached hydrogen (secondary N) is 1. The summed E-state index contributed by atoms with van der Waals surface area (Å²) in [7, 11) is 6.08. The van der Waals surface area contributed by atoms with Gasteiger partial charge in [0.05, 0.1) is 0 Å². The van der Waals surface area contributed by atoms with Gasteiger partial charge in [-0.1, -0.05) is 37.6 Å². The van der Waals surface area contributed by atoms with Gasteiger partial charge in [0.1, 0.15) is 12.4 Å². The molecule has 0 saturated carbocycles. The summed E-state index contributed by atoms with van der Waals surface area (Å²) in [6.45, 7) is 7.03. The van der Waals surface area contributed by atoms with Crippen LogP contribution < -0.4 is 10.1 Å². The zero-order valence-electron chi connectivity index (χ0n) is 13.4. The van der Waals surface area contributed by atoms with Gasteiger partial charge < -0.3 is 15.0 Å². The lowest BCUT2D eigenvalue weighted by atomic mass is 10.0. The average molecular weight is 276 g/mol. The first-order valence-corrected chi connectivity index (χ1v) is 7.25. The highest BCUT2D eigenvalue weighted by atomic mass is 16.5. The zero-order chi connectivity index (χ0) is 15.0. The lowest BCUT2D eigenvalue weighted by Gasteiger charge is -2.12. The Balaban J connectivity index is 2.63. The van der Waals surface area contributed by atoms with Crippen LogP contribution in [0.15, 0.2) is 29.8 Å². The molecule has 0 heterocycles. The van der Waals surface area contributed by atoms with Crippen LogP contribution in [0.5, 0.6) is 5.75 Å². The molecule has 0 unspecified atom stereocenters. The number of nitrogens with zero attached hydrogens (tertiary/aromatic N) is 1. The maximum absolute atomic E-state index is 5.70. The van der Waals surface area contributed by atoms with Crippen LogP contribution in [0, 0.1) is 5.92 Å². The van der Waals surface area contributed by atoms with Crippen molar-refractivity contribution in [2.24, 2.45) is 5.92 Å². The lowest BCUT2D eigenvalue weighted by molar-refractivity contribution is 0.261. The molecule has 3 heteroatoms. The molecule has 0 spiro atoms. The van der Waals surface area contributed by atoms with E-state index in [4.69, 9.17) is 4.74 Å². The molecule has 0 amide bonds. The quantitative estimate of drug-likeness (QED) is 0.790. The van der Waals surface area contributed by atoms with Crippen molar-refractivity contribution in [2.75, 3.05) is 40.8 Å². The van der Waals surface area contributed by atoms with Crippen molar-refractivity contribution in [3.63, 3.8) is 0 Å². The van der Waals surface area contributed by atoms with Gasteiger partial charge in [-0.2, -0.15) is 0 Å². The van der Waals surface area contributed by atoms with E-state index in [1.807, 2.05) is 33.3 Å². The van der Waals surface area contributed by atoms with Gasteiger partial charge in [-0.15, -0.1) is 0 Å². The van der Waals surface area contributed by atoms with E-state index in [2.05, 4.69) is 42.3 Å². The molecule has 20 heavy (non-hydrogen) atoms. The number of hydrogen-bond donors (Lipinski definition) is 1. The predicted molar refractivity (Wildman–Crippen MR) is 87.2 cm³/mol. The highest BCUT2D eigenvalue weighted by Gasteiger charge is 2.02. The van der Waals surface area contributed by atoms with E-state index in [9.17, 15) is 0 Å². The van der Waals surface area contributed by atoms with Crippen molar-refractivity contribution in [1.29, 1.82) is 0 Å². The fourth-order valence-electron chi connectivity index (χ4n) is 1.85. The van der Waals surface area contributed by atoms with Gasteiger partial charge in [0, 0.05) is 13.1 Å². The first kappa shape index (κ1) is 16.7. The van der Waals surface area contributed by atoms with Gasteiger partial charge in [-0.25, -0.2) is 0 Å². The number of hydrogen-bond acceptors (Lipinski definition) is 3. The maximum Gasteiger partial charge on any atom is 0.119 e. The molecule has 1 aromatic carbocycles. The largest absolute Gasteiger partial charge is 0.492 e. The third-order valence-electron chi connectivity index (χ3n) is 3.16. The third-order valence-corrected chi connectivity index (χ3v) is 3.16. The molecule has 1 aromatic rings. The number of likely N-dealkylation sites (N-methyl/N-ethyl adjacent to an activating group) is 2. The Labute approximate surface area is 123 Å². The summed E-state index contributed by atoms with van der Waals surface area (Å²) in [4.78, 5) is 2.11. The summed E-state index contributed by atoms with van der Waals surface area (Å²) in [5.41, 5.74) is 2.64. The minimum Gasteiger partial charge on any atom is -0.492 e. The summed E-state index contributed by atoms with van der Waals surface area (Å²) in [5, 5.41) is 3.22. The Bertz CT molecular complexity index is 408. The SMILES string of the molecule is CNCC(=Cc1ccc(OCCN(C)C)cc1)C(C)C. The van der Waals surface area contributed by atoms with Crippen LogP contribution >= 0.6 is 0 Å². The molecule has 1 rings (SSSR count). The Hall–Kier alpha value is -1.32. The van der Waals surface area contributed by atoms with Crippen molar-refractivity contribution in [1.82, 2.24) is 10.2 Å². The van der Waals surface area contributed by atoms with E-state index in [-0.39, 0.29) is 0 Å². The molecule has 3 nitrogen and oxygen atoms in total. The van der Waals surface area contributed by atoms with Crippen LogP contribution in [0.4, 0.5) is 0 Å². The fourth-order valence-corrected chi connectivity index (χ4v) is 1.85. The van der Waals surface area contributed by atoms with E-state index in [1.54, 1.807) is 0 Å². The smallest absolute Gasteiger partial charge is 0.119 e. The van der Waals surface area contributed by atoms with E-state index < -0.39 is 0 Å². The van der Waals surface area contributed by atoms with E-state index in [1.165, 1.54) is 11.1 Å². The molecule has 0 fully saturated rings. The Morgan fingerprint density at radius 2 is 1.90 bits per heavy atom. The molecule has 0 saturated heterocycles. The molecule has 1 N–H and O–H groups in total. The second kappa shape index (κ2) is 8.77. The van der Waals surface area contributed by atoms with E-state index >= 15 is 0 Å². The molecule has 0 bridgehead atoms. The average Bonchev–Trinajstić information content (AvgIpc) is 2.39. The van der Waals surface area contributed by atoms with Crippen LogP contribution in [-0.2, 0) is 0 Å². The van der Waals surface area contributed by atoms with Gasteiger partial charge in [-0.3, -0.25) is 0 Å². The highest BCUT2D eigenvalue weighted by molar-refractivity contribution is 5.54. The molecular formula is C17H28N2O. The van der Waals surface area contributed by atoms with Gasteiger partial charge in [0.2, 0.25) is 0 Å². The summed E-state index contributed by atoms with van der Waals surface area (Å²) < 4.78 is 5.70. The van der Waals surface area contributed by atoms with Gasteiger partial charge in [0.15, 0.2) is 0 Å². The molecule has 0 atom stereocenters. The van der Waals surface area contributed by atoms with E-state index in [0.717, 1.165) is 25.4 Å². The molecule has 0 aliphatic heterocycles. The minimum atomic E-state index is 0.554. The first-order chi connectivity index (χ1) is 9.52.